The lowest BCUT2D eigenvalue weighted by molar-refractivity contribution is -0.167. The van der Waals surface area contributed by atoms with Crippen LogP contribution >= 0.6 is 0 Å². The summed E-state index contributed by atoms with van der Waals surface area (Å²) in [6, 6.07) is -0.570. The summed E-state index contributed by atoms with van der Waals surface area (Å²) in [7, 11) is 0. The van der Waals surface area contributed by atoms with Crippen molar-refractivity contribution in [2.45, 2.75) is 32.0 Å². The third-order valence-corrected chi connectivity index (χ3v) is 3.71. The zero-order chi connectivity index (χ0) is 17.9. The van der Waals surface area contributed by atoms with Gasteiger partial charge in [-0.15, -0.1) is 0 Å². The normalized spacial score (nSPS) is 15.7. The third-order valence-electron chi connectivity index (χ3n) is 3.71. The van der Waals surface area contributed by atoms with Crippen LogP contribution in [0.5, 0.6) is 0 Å². The molecule has 2 rings (SSSR count). The van der Waals surface area contributed by atoms with Crippen molar-refractivity contribution in [1.29, 1.82) is 0 Å². The number of nitrogens with two attached hydrogens (primary N) is 1. The number of carbonyl (C=O) groups excluding carboxylic acids is 2. The highest BCUT2D eigenvalue weighted by molar-refractivity contribution is 5.93. The van der Waals surface area contributed by atoms with E-state index in [9.17, 15) is 22.8 Å². The molecule has 1 heterocycles. The van der Waals surface area contributed by atoms with Gasteiger partial charge in [-0.05, 0) is 25.7 Å². The monoisotopic (exact) mass is 346 g/mol. The molecular formula is C14H17F3N4O3. The molecule has 1 fully saturated rings. The van der Waals surface area contributed by atoms with Gasteiger partial charge in [0.05, 0.1) is 0 Å². The second-order valence-electron chi connectivity index (χ2n) is 5.58. The zero-order valence-corrected chi connectivity index (χ0v) is 12.9. The lowest BCUT2D eigenvalue weighted by atomic mass is 10.2. The van der Waals surface area contributed by atoms with Crippen LogP contribution < -0.4 is 5.73 Å². The minimum absolute atomic E-state index is 0.0441. The lowest BCUT2D eigenvalue weighted by Gasteiger charge is -2.30. The van der Waals surface area contributed by atoms with Gasteiger partial charge in [-0.25, -0.2) is 14.8 Å². The zero-order valence-electron chi connectivity index (χ0n) is 12.9. The summed E-state index contributed by atoms with van der Waals surface area (Å²) in [4.78, 5) is 31.9. The molecule has 0 bridgehead atoms. The number of nitrogen functional groups attached to an aromatic ring is 1. The van der Waals surface area contributed by atoms with E-state index in [1.807, 2.05) is 0 Å². The molecular weight excluding hydrogens is 329 g/mol. The molecule has 10 heteroatoms. The van der Waals surface area contributed by atoms with Gasteiger partial charge in [0, 0.05) is 18.4 Å². The van der Waals surface area contributed by atoms with Crippen molar-refractivity contribution in [1.82, 2.24) is 14.9 Å². The number of alkyl halides is 3. The Morgan fingerprint density at radius 3 is 2.54 bits per heavy atom. The van der Waals surface area contributed by atoms with Crippen LogP contribution in [0.15, 0.2) is 12.4 Å². The highest BCUT2D eigenvalue weighted by Crippen LogP contribution is 2.36. The van der Waals surface area contributed by atoms with Crippen molar-refractivity contribution in [3.05, 3.63) is 18.1 Å². The number of rotatable bonds is 6. The third kappa shape index (κ3) is 4.80. The molecule has 7 nitrogen and oxygen atoms in total. The molecule has 0 radical (unpaired) electrons. The first kappa shape index (κ1) is 18.0. The fourth-order valence-electron chi connectivity index (χ4n) is 2.27. The molecule has 2 N–H and O–H groups in total. The number of esters is 1. The Balaban J connectivity index is 1.99. The van der Waals surface area contributed by atoms with Crippen LogP contribution in [-0.2, 0) is 9.53 Å². The van der Waals surface area contributed by atoms with Crippen LogP contribution in [0.25, 0.3) is 0 Å². The number of hydrogen-bond donors (Lipinski definition) is 1. The van der Waals surface area contributed by atoms with E-state index in [0.29, 0.717) is 4.90 Å². The summed E-state index contributed by atoms with van der Waals surface area (Å²) in [5, 5.41) is 0. The number of halogens is 3. The van der Waals surface area contributed by atoms with Crippen molar-refractivity contribution in [2.24, 2.45) is 5.92 Å². The van der Waals surface area contributed by atoms with E-state index < -0.39 is 37.2 Å². The highest BCUT2D eigenvalue weighted by Gasteiger charge is 2.40. The number of ether oxygens (including phenoxy) is 1. The maximum absolute atomic E-state index is 12.7. The highest BCUT2D eigenvalue weighted by atomic mass is 19.4. The average Bonchev–Trinajstić information content (AvgIpc) is 3.33. The SMILES string of the molecule is C[C@@H](C1CC1)N(CC(F)(F)F)C(=O)COC(=O)c1nccnc1N. The molecule has 0 unspecified atom stereocenters. The van der Waals surface area contributed by atoms with Crippen LogP contribution in [-0.4, -0.2) is 52.1 Å². The van der Waals surface area contributed by atoms with Crippen LogP contribution in [0.3, 0.4) is 0 Å². The van der Waals surface area contributed by atoms with Crippen molar-refractivity contribution in [3.63, 3.8) is 0 Å². The van der Waals surface area contributed by atoms with Crippen molar-refractivity contribution < 1.29 is 27.5 Å². The number of amides is 1. The first-order valence-corrected chi connectivity index (χ1v) is 7.29. The van der Waals surface area contributed by atoms with Crippen molar-refractivity contribution in [2.75, 3.05) is 18.9 Å². The molecule has 0 aliphatic heterocycles. The number of aromatic nitrogens is 2. The summed E-state index contributed by atoms with van der Waals surface area (Å²) in [5.74, 6) is -2.07. The largest absolute Gasteiger partial charge is 0.451 e. The minimum atomic E-state index is -4.53. The second-order valence-corrected chi connectivity index (χ2v) is 5.58. The van der Waals surface area contributed by atoms with Gasteiger partial charge in [-0.3, -0.25) is 4.79 Å². The van der Waals surface area contributed by atoms with E-state index in [1.54, 1.807) is 6.92 Å². The molecule has 1 amide bonds. The van der Waals surface area contributed by atoms with E-state index in [2.05, 4.69) is 9.97 Å². The van der Waals surface area contributed by atoms with Crippen LogP contribution in [0.2, 0.25) is 0 Å². The maximum atomic E-state index is 12.7. The smallest absolute Gasteiger partial charge is 0.406 e. The quantitative estimate of drug-likeness (QED) is 0.782. The van der Waals surface area contributed by atoms with Gasteiger partial charge >= 0.3 is 12.1 Å². The van der Waals surface area contributed by atoms with Gasteiger partial charge in [-0.2, -0.15) is 13.2 Å². The molecule has 1 saturated carbocycles. The number of hydrogen-bond acceptors (Lipinski definition) is 6. The molecule has 0 saturated heterocycles. The molecule has 0 aromatic carbocycles. The average molecular weight is 346 g/mol. The van der Waals surface area contributed by atoms with E-state index in [4.69, 9.17) is 10.5 Å². The predicted octanol–water partition coefficient (Wildman–Crippen LogP) is 1.41. The molecule has 1 atom stereocenters. The minimum Gasteiger partial charge on any atom is -0.451 e. The van der Waals surface area contributed by atoms with Gasteiger partial charge in [0.25, 0.3) is 5.91 Å². The molecule has 1 aromatic heterocycles. The van der Waals surface area contributed by atoms with E-state index in [1.165, 1.54) is 12.4 Å². The van der Waals surface area contributed by atoms with Crippen LogP contribution in [0, 0.1) is 5.92 Å². The Bertz CT molecular complexity index is 620. The lowest BCUT2D eigenvalue weighted by Crippen LogP contribution is -2.47. The van der Waals surface area contributed by atoms with Gasteiger partial charge in [0.2, 0.25) is 0 Å². The molecule has 132 valence electrons. The van der Waals surface area contributed by atoms with E-state index >= 15 is 0 Å². The molecule has 1 aromatic rings. The van der Waals surface area contributed by atoms with E-state index in [0.717, 1.165) is 12.8 Å². The summed E-state index contributed by atoms with van der Waals surface area (Å²) < 4.78 is 42.8. The second kappa shape index (κ2) is 7.02. The number of carbonyl (C=O) groups is 2. The fourth-order valence-corrected chi connectivity index (χ4v) is 2.27. The van der Waals surface area contributed by atoms with Gasteiger partial charge in [0.1, 0.15) is 6.54 Å². The standard InChI is InChI=1S/C14H17F3N4O3/c1-8(9-2-3-9)21(7-14(15,16)17)10(22)6-24-13(23)11-12(18)20-5-4-19-11/h4-5,8-9H,2-3,6-7H2,1H3,(H2,18,20)/t8-/m0/s1. The Morgan fingerprint density at radius 1 is 1.38 bits per heavy atom. The predicted molar refractivity (Wildman–Crippen MR) is 76.7 cm³/mol. The fraction of sp³-hybridized carbons (Fsp3) is 0.571. The Labute approximate surface area is 136 Å². The first-order chi connectivity index (χ1) is 11.2. The van der Waals surface area contributed by atoms with Gasteiger partial charge in [0.15, 0.2) is 18.1 Å². The van der Waals surface area contributed by atoms with Crippen molar-refractivity contribution in [3.8, 4) is 0 Å². The molecule has 0 spiro atoms. The van der Waals surface area contributed by atoms with Crippen molar-refractivity contribution >= 4 is 17.7 Å². The van der Waals surface area contributed by atoms with E-state index in [-0.39, 0.29) is 17.4 Å². The summed E-state index contributed by atoms with van der Waals surface area (Å²) in [6.07, 6.45) is -0.505. The Hall–Kier alpha value is -2.39. The number of nitrogens with zero attached hydrogens (tertiary/aromatic N) is 3. The maximum Gasteiger partial charge on any atom is 0.406 e. The van der Waals surface area contributed by atoms with Gasteiger partial charge < -0.3 is 15.4 Å². The van der Waals surface area contributed by atoms with Gasteiger partial charge in [-0.1, -0.05) is 0 Å². The molecule has 24 heavy (non-hydrogen) atoms. The molecule has 1 aliphatic rings. The molecule has 1 aliphatic carbocycles. The number of anilines is 1. The van der Waals surface area contributed by atoms with Crippen LogP contribution in [0.1, 0.15) is 30.3 Å². The Morgan fingerprint density at radius 2 is 2.00 bits per heavy atom. The first-order valence-electron chi connectivity index (χ1n) is 7.29. The topological polar surface area (TPSA) is 98.4 Å². The summed E-state index contributed by atoms with van der Waals surface area (Å²) in [6.45, 7) is -0.639. The summed E-state index contributed by atoms with van der Waals surface area (Å²) in [5.41, 5.74) is 5.16. The summed E-state index contributed by atoms with van der Waals surface area (Å²) >= 11 is 0. The Kier molecular flexibility index (Phi) is 5.25. The van der Waals surface area contributed by atoms with Crippen LogP contribution in [0.4, 0.5) is 19.0 Å².